The van der Waals surface area contributed by atoms with Gasteiger partial charge in [-0.2, -0.15) is 0 Å². The number of phenols is 1. The van der Waals surface area contributed by atoms with Crippen molar-refractivity contribution in [2.24, 2.45) is 0 Å². The van der Waals surface area contributed by atoms with Crippen molar-refractivity contribution in [3.05, 3.63) is 29.3 Å². The van der Waals surface area contributed by atoms with Crippen LogP contribution in [0, 0.1) is 0 Å². The molecule has 0 amide bonds. The first-order valence-corrected chi connectivity index (χ1v) is 3.10. The number of aromatic carboxylic acids is 1. The Balaban J connectivity index is 3.32. The number of carbonyl (C=O) groups is 1. The third-order valence-corrected chi connectivity index (χ3v) is 1.38. The summed E-state index contributed by atoms with van der Waals surface area (Å²) in [4.78, 5) is 20.5. The first-order valence-electron chi connectivity index (χ1n) is 3.10. The summed E-state index contributed by atoms with van der Waals surface area (Å²) in [5, 5.41) is 17.6. The van der Waals surface area contributed by atoms with Gasteiger partial charge in [-0.3, -0.25) is 4.79 Å². The van der Waals surface area contributed by atoms with Gasteiger partial charge in [-0.25, -0.2) is 4.79 Å². The van der Waals surface area contributed by atoms with Crippen LogP contribution in [-0.2, 0) is 4.79 Å². The van der Waals surface area contributed by atoms with E-state index in [4.69, 9.17) is 10.2 Å². The quantitative estimate of drug-likeness (QED) is 0.670. The van der Waals surface area contributed by atoms with Crippen LogP contribution in [0.2, 0.25) is 0 Å². The summed E-state index contributed by atoms with van der Waals surface area (Å²) >= 11 is 0. The molecule has 12 heavy (non-hydrogen) atoms. The van der Waals surface area contributed by atoms with Gasteiger partial charge in [-0.15, -0.1) is 0 Å². The summed E-state index contributed by atoms with van der Waals surface area (Å²) in [5.41, 5.74) is -0.439. The molecule has 0 aliphatic carbocycles. The Bertz CT molecular complexity index is 330. The number of hydrogen-bond acceptors (Lipinski definition) is 3. The average Bonchev–Trinajstić information content (AvgIpc) is 2.04. The van der Waals surface area contributed by atoms with Gasteiger partial charge in [0, 0.05) is 0 Å². The van der Waals surface area contributed by atoms with Crippen LogP contribution >= 0.6 is 0 Å². The molecular formula is C8H5O4. The molecule has 0 fully saturated rings. The van der Waals surface area contributed by atoms with E-state index >= 15 is 0 Å². The second-order valence-corrected chi connectivity index (χ2v) is 2.11. The summed E-state index contributed by atoms with van der Waals surface area (Å²) in [7, 11) is 0. The second-order valence-electron chi connectivity index (χ2n) is 2.11. The molecule has 4 nitrogen and oxygen atoms in total. The number of carboxylic acid groups (broad SMARTS) is 1. The fourth-order valence-corrected chi connectivity index (χ4v) is 0.798. The Hall–Kier alpha value is -1.84. The number of para-hydroxylation sites is 1. The van der Waals surface area contributed by atoms with E-state index in [0.29, 0.717) is 0 Å². The molecule has 1 aromatic carbocycles. The number of hydrogen-bond donors (Lipinski definition) is 2. The van der Waals surface area contributed by atoms with E-state index < -0.39 is 11.7 Å². The zero-order chi connectivity index (χ0) is 9.14. The van der Waals surface area contributed by atoms with Gasteiger partial charge in [0.15, 0.2) is 0 Å². The predicted molar refractivity (Wildman–Crippen MR) is 39.9 cm³/mol. The normalized spacial score (nSPS) is 9.33. The lowest BCUT2D eigenvalue weighted by molar-refractivity contribution is 0.0693. The molecule has 0 heterocycles. The molecule has 1 rings (SSSR count). The summed E-state index contributed by atoms with van der Waals surface area (Å²) in [6.07, 6.45) is 1.43. The summed E-state index contributed by atoms with van der Waals surface area (Å²) in [6, 6.07) is 3.86. The molecule has 0 saturated carbocycles. The Morgan fingerprint density at radius 1 is 1.42 bits per heavy atom. The number of carboxylic acids is 1. The van der Waals surface area contributed by atoms with Gasteiger partial charge in [0.05, 0.1) is 5.56 Å². The van der Waals surface area contributed by atoms with Crippen LogP contribution in [-0.4, -0.2) is 22.5 Å². The van der Waals surface area contributed by atoms with Gasteiger partial charge in [-0.05, 0) is 12.1 Å². The van der Waals surface area contributed by atoms with Gasteiger partial charge < -0.3 is 10.2 Å². The zero-order valence-corrected chi connectivity index (χ0v) is 5.94. The minimum Gasteiger partial charge on any atom is -0.506 e. The maximum absolute atomic E-state index is 10.4. The predicted octanol–water partition coefficient (Wildman–Crippen LogP) is 0.548. The van der Waals surface area contributed by atoms with Crippen LogP contribution in [0.1, 0.15) is 15.9 Å². The van der Waals surface area contributed by atoms with Crippen LogP contribution < -0.4 is 0 Å². The van der Waals surface area contributed by atoms with Gasteiger partial charge in [0.1, 0.15) is 11.3 Å². The highest BCUT2D eigenvalue weighted by Gasteiger charge is 2.11. The van der Waals surface area contributed by atoms with Crippen molar-refractivity contribution in [1.82, 2.24) is 0 Å². The highest BCUT2D eigenvalue weighted by Crippen LogP contribution is 2.20. The Morgan fingerprint density at radius 3 is 2.58 bits per heavy atom. The molecule has 0 unspecified atom stereocenters. The maximum Gasteiger partial charge on any atom is 0.339 e. The number of aromatic hydroxyl groups is 1. The Labute approximate surface area is 68.1 Å². The maximum atomic E-state index is 10.4. The largest absolute Gasteiger partial charge is 0.506 e. The molecule has 0 bridgehead atoms. The van der Waals surface area contributed by atoms with Crippen molar-refractivity contribution in [2.75, 3.05) is 0 Å². The lowest BCUT2D eigenvalue weighted by atomic mass is 10.1. The topological polar surface area (TPSA) is 74.6 Å². The SMILES string of the molecule is O=[C]c1cccc(C(=O)O)c1O. The van der Waals surface area contributed by atoms with Gasteiger partial charge in [-0.1, -0.05) is 6.07 Å². The number of carbonyl (C=O) groups excluding carboxylic acids is 1. The van der Waals surface area contributed by atoms with Gasteiger partial charge in [0.25, 0.3) is 0 Å². The molecule has 0 saturated heterocycles. The van der Waals surface area contributed by atoms with Crippen LogP contribution in [0.4, 0.5) is 0 Å². The lowest BCUT2D eigenvalue weighted by Crippen LogP contribution is -1.98. The van der Waals surface area contributed by atoms with Crippen LogP contribution in [0.25, 0.3) is 0 Å². The van der Waals surface area contributed by atoms with E-state index in [9.17, 15) is 9.59 Å². The van der Waals surface area contributed by atoms with E-state index in [2.05, 4.69) is 0 Å². The fraction of sp³-hybridized carbons (Fsp3) is 0. The molecule has 1 radical (unpaired) electrons. The second kappa shape index (κ2) is 3.04. The fourth-order valence-electron chi connectivity index (χ4n) is 0.798. The molecule has 4 heteroatoms. The molecule has 1 aromatic rings. The first-order chi connectivity index (χ1) is 5.66. The van der Waals surface area contributed by atoms with Gasteiger partial charge in [0.2, 0.25) is 6.29 Å². The van der Waals surface area contributed by atoms with Crippen LogP contribution in [0.5, 0.6) is 5.75 Å². The number of rotatable bonds is 2. The summed E-state index contributed by atoms with van der Waals surface area (Å²) in [5.74, 6) is -1.82. The van der Waals surface area contributed by atoms with Crippen molar-refractivity contribution >= 4 is 12.3 Å². The van der Waals surface area contributed by atoms with Crippen molar-refractivity contribution in [3.8, 4) is 5.75 Å². The van der Waals surface area contributed by atoms with Crippen molar-refractivity contribution in [2.45, 2.75) is 0 Å². The molecule has 0 aliphatic heterocycles. The number of benzene rings is 1. The molecule has 0 atom stereocenters. The zero-order valence-electron chi connectivity index (χ0n) is 5.94. The van der Waals surface area contributed by atoms with Crippen molar-refractivity contribution in [1.29, 1.82) is 0 Å². The van der Waals surface area contributed by atoms with E-state index in [1.165, 1.54) is 24.5 Å². The molecule has 0 spiro atoms. The third kappa shape index (κ3) is 1.27. The van der Waals surface area contributed by atoms with E-state index in [1.807, 2.05) is 0 Å². The average molecular weight is 165 g/mol. The van der Waals surface area contributed by atoms with E-state index in [1.54, 1.807) is 0 Å². The van der Waals surface area contributed by atoms with Crippen molar-refractivity contribution in [3.63, 3.8) is 0 Å². The first kappa shape index (κ1) is 8.26. The lowest BCUT2D eigenvalue weighted by Gasteiger charge is -1.99. The summed E-state index contributed by atoms with van der Waals surface area (Å²) in [6.45, 7) is 0. The minimum absolute atomic E-state index is 0.144. The molecule has 0 aromatic heterocycles. The highest BCUT2D eigenvalue weighted by molar-refractivity contribution is 5.94. The van der Waals surface area contributed by atoms with Crippen molar-refractivity contribution < 1.29 is 19.8 Å². The Kier molecular flexibility index (Phi) is 2.09. The van der Waals surface area contributed by atoms with E-state index in [0.717, 1.165) is 0 Å². The molecular weight excluding hydrogens is 160 g/mol. The van der Waals surface area contributed by atoms with Crippen LogP contribution in [0.15, 0.2) is 18.2 Å². The minimum atomic E-state index is -1.27. The Morgan fingerprint density at radius 2 is 2.08 bits per heavy atom. The summed E-state index contributed by atoms with van der Waals surface area (Å²) < 4.78 is 0. The molecule has 0 aliphatic rings. The van der Waals surface area contributed by atoms with Crippen LogP contribution in [0.3, 0.4) is 0 Å². The van der Waals surface area contributed by atoms with Gasteiger partial charge >= 0.3 is 5.97 Å². The smallest absolute Gasteiger partial charge is 0.339 e. The highest BCUT2D eigenvalue weighted by atomic mass is 16.4. The van der Waals surface area contributed by atoms with E-state index in [-0.39, 0.29) is 11.1 Å². The standard InChI is InChI=1S/C8H5O4/c9-4-5-2-1-3-6(7(5)10)8(11)12/h1-3,10H,(H,11,12). The monoisotopic (exact) mass is 165 g/mol. The molecule has 61 valence electrons. The third-order valence-electron chi connectivity index (χ3n) is 1.38. The molecule has 2 N–H and O–H groups in total.